The molecule has 1 N–H and O–H groups in total. The Hall–Kier alpha value is -1.62. The Morgan fingerprint density at radius 2 is 2.11 bits per heavy atom. The Balaban J connectivity index is 2.71. The highest BCUT2D eigenvalue weighted by Crippen LogP contribution is 2.23. The van der Waals surface area contributed by atoms with Gasteiger partial charge < -0.3 is 9.67 Å². The molecule has 2 rings (SSSR count). The van der Waals surface area contributed by atoms with Crippen molar-refractivity contribution in [3.63, 3.8) is 0 Å². The molecule has 0 amide bonds. The van der Waals surface area contributed by atoms with Crippen molar-refractivity contribution in [3.05, 3.63) is 44.2 Å². The van der Waals surface area contributed by atoms with Crippen molar-refractivity contribution in [2.24, 2.45) is 7.05 Å². The van der Waals surface area contributed by atoms with Crippen LogP contribution in [0.5, 0.6) is 0 Å². The van der Waals surface area contributed by atoms with Gasteiger partial charge in [0.25, 0.3) is 5.56 Å². The van der Waals surface area contributed by atoms with E-state index in [1.165, 1.54) is 0 Å². The van der Waals surface area contributed by atoms with Gasteiger partial charge in [-0.3, -0.25) is 9.59 Å². The van der Waals surface area contributed by atoms with Crippen LogP contribution < -0.4 is 5.56 Å². The molecular weight excluding hydrogens is 310 g/mol. The van der Waals surface area contributed by atoms with E-state index in [2.05, 4.69) is 15.9 Å². The molecule has 1 heterocycles. The summed E-state index contributed by atoms with van der Waals surface area (Å²) in [5.74, 6) is -0.893. The molecule has 0 radical (unpaired) electrons. The predicted octanol–water partition coefficient (Wildman–Crippen LogP) is 2.63. The van der Waals surface area contributed by atoms with Gasteiger partial charge in [0.2, 0.25) is 0 Å². The smallest absolute Gasteiger partial charge is 0.303 e. The molecule has 0 aliphatic rings. The number of carboxylic acid groups (broad SMARTS) is 1. The van der Waals surface area contributed by atoms with Gasteiger partial charge in [0.05, 0.1) is 5.52 Å². The summed E-state index contributed by atoms with van der Waals surface area (Å²) in [5, 5.41) is 9.74. The zero-order chi connectivity index (χ0) is 14.2. The van der Waals surface area contributed by atoms with E-state index in [0.717, 1.165) is 20.9 Å². The van der Waals surface area contributed by atoms with E-state index >= 15 is 0 Å². The summed E-state index contributed by atoms with van der Waals surface area (Å²) in [7, 11) is 1.71. The Morgan fingerprint density at radius 3 is 2.74 bits per heavy atom. The van der Waals surface area contributed by atoms with Gasteiger partial charge in [-0.25, -0.2) is 0 Å². The lowest BCUT2D eigenvalue weighted by atomic mass is 10.0. The van der Waals surface area contributed by atoms with Gasteiger partial charge in [0.15, 0.2) is 0 Å². The topological polar surface area (TPSA) is 59.3 Å². The highest BCUT2D eigenvalue weighted by atomic mass is 79.9. The minimum Gasteiger partial charge on any atom is -0.481 e. The van der Waals surface area contributed by atoms with Gasteiger partial charge in [0.1, 0.15) is 0 Å². The number of aryl methyl sites for hydroxylation is 2. The van der Waals surface area contributed by atoms with Crippen molar-refractivity contribution in [3.8, 4) is 0 Å². The second-order valence-corrected chi connectivity index (χ2v) is 5.44. The average Bonchev–Trinajstić information content (AvgIpc) is 2.35. The van der Waals surface area contributed by atoms with Crippen molar-refractivity contribution >= 4 is 32.8 Å². The molecule has 0 saturated carbocycles. The molecule has 5 heteroatoms. The first-order chi connectivity index (χ1) is 8.91. The minimum atomic E-state index is -0.893. The number of hydrogen-bond donors (Lipinski definition) is 1. The van der Waals surface area contributed by atoms with Crippen molar-refractivity contribution in [2.75, 3.05) is 0 Å². The number of carbonyl (C=O) groups is 1. The van der Waals surface area contributed by atoms with Crippen LogP contribution in [0.3, 0.4) is 0 Å². The first-order valence-electron chi connectivity index (χ1n) is 5.91. The van der Waals surface area contributed by atoms with E-state index in [-0.39, 0.29) is 18.4 Å². The minimum absolute atomic E-state index is 0.0322. The maximum Gasteiger partial charge on any atom is 0.303 e. The van der Waals surface area contributed by atoms with Gasteiger partial charge in [0, 0.05) is 28.9 Å². The maximum atomic E-state index is 12.3. The lowest BCUT2D eigenvalue weighted by Crippen LogP contribution is -2.23. The van der Waals surface area contributed by atoms with Gasteiger partial charge in [-0.05, 0) is 37.1 Å². The molecule has 1 aromatic heterocycles. The number of halogens is 1. The van der Waals surface area contributed by atoms with Crippen molar-refractivity contribution < 1.29 is 9.90 Å². The fraction of sp³-hybridized carbons (Fsp3) is 0.286. The largest absolute Gasteiger partial charge is 0.481 e. The number of aliphatic carboxylic acids is 1. The fourth-order valence-electron chi connectivity index (χ4n) is 2.26. The standard InChI is InChI=1S/C14H14BrNO3/c1-8-10(4-6-13(17)18)14(19)16(2)12-5-3-9(15)7-11(8)12/h3,5,7H,4,6H2,1-2H3,(H,17,18). The number of hydrogen-bond acceptors (Lipinski definition) is 2. The van der Waals surface area contributed by atoms with Crippen LogP contribution in [-0.4, -0.2) is 15.6 Å². The van der Waals surface area contributed by atoms with E-state index in [0.29, 0.717) is 5.56 Å². The lowest BCUT2D eigenvalue weighted by Gasteiger charge is -2.12. The summed E-state index contributed by atoms with van der Waals surface area (Å²) in [6.45, 7) is 1.87. The molecule has 0 aliphatic heterocycles. The zero-order valence-corrected chi connectivity index (χ0v) is 12.3. The van der Waals surface area contributed by atoms with Gasteiger partial charge >= 0.3 is 5.97 Å². The third-order valence-corrected chi connectivity index (χ3v) is 3.82. The summed E-state index contributed by atoms with van der Waals surface area (Å²) in [5.41, 5.74) is 2.18. The van der Waals surface area contributed by atoms with Gasteiger partial charge in [-0.1, -0.05) is 15.9 Å². The van der Waals surface area contributed by atoms with Crippen LogP contribution in [-0.2, 0) is 18.3 Å². The van der Waals surface area contributed by atoms with Crippen LogP contribution in [0.1, 0.15) is 17.5 Å². The van der Waals surface area contributed by atoms with E-state index < -0.39 is 5.97 Å². The molecule has 0 unspecified atom stereocenters. The number of benzene rings is 1. The molecule has 4 nitrogen and oxygen atoms in total. The normalized spacial score (nSPS) is 10.9. The molecule has 0 atom stereocenters. The summed E-state index contributed by atoms with van der Waals surface area (Å²) >= 11 is 3.41. The monoisotopic (exact) mass is 323 g/mol. The molecular formula is C14H14BrNO3. The summed E-state index contributed by atoms with van der Waals surface area (Å²) in [6, 6.07) is 5.72. The number of pyridine rings is 1. The first-order valence-corrected chi connectivity index (χ1v) is 6.70. The Kier molecular flexibility index (Phi) is 3.75. The van der Waals surface area contributed by atoms with Crippen molar-refractivity contribution in [1.29, 1.82) is 0 Å². The Labute approximate surface area is 118 Å². The molecule has 0 bridgehead atoms. The van der Waals surface area contributed by atoms with E-state index in [1.54, 1.807) is 11.6 Å². The average molecular weight is 324 g/mol. The molecule has 2 aromatic rings. The van der Waals surface area contributed by atoms with Crippen LogP contribution in [0.25, 0.3) is 10.9 Å². The fourth-order valence-corrected chi connectivity index (χ4v) is 2.62. The quantitative estimate of drug-likeness (QED) is 0.944. The molecule has 1 aromatic carbocycles. The SMILES string of the molecule is Cc1c(CCC(=O)O)c(=O)n(C)c2ccc(Br)cc12. The third-order valence-electron chi connectivity index (χ3n) is 3.33. The third kappa shape index (κ3) is 2.56. The number of aromatic nitrogens is 1. The van der Waals surface area contributed by atoms with Crippen LogP contribution in [0.4, 0.5) is 0 Å². The number of nitrogens with zero attached hydrogens (tertiary/aromatic N) is 1. The van der Waals surface area contributed by atoms with Gasteiger partial charge in [-0.15, -0.1) is 0 Å². The van der Waals surface area contributed by atoms with Crippen LogP contribution in [0, 0.1) is 6.92 Å². The molecule has 0 spiro atoms. The number of rotatable bonds is 3. The highest BCUT2D eigenvalue weighted by Gasteiger charge is 2.13. The van der Waals surface area contributed by atoms with Crippen molar-refractivity contribution in [2.45, 2.75) is 19.8 Å². The van der Waals surface area contributed by atoms with Crippen LogP contribution in [0.2, 0.25) is 0 Å². The first kappa shape index (κ1) is 13.8. The summed E-state index contributed by atoms with van der Waals surface area (Å²) in [4.78, 5) is 22.9. The van der Waals surface area contributed by atoms with Crippen LogP contribution in [0.15, 0.2) is 27.5 Å². The number of fused-ring (bicyclic) bond motifs is 1. The lowest BCUT2D eigenvalue weighted by molar-refractivity contribution is -0.136. The predicted molar refractivity (Wildman–Crippen MR) is 77.6 cm³/mol. The molecule has 100 valence electrons. The second-order valence-electron chi connectivity index (χ2n) is 4.52. The van der Waals surface area contributed by atoms with Gasteiger partial charge in [-0.2, -0.15) is 0 Å². The Bertz CT molecular complexity index is 719. The molecule has 0 fully saturated rings. The summed E-state index contributed by atoms with van der Waals surface area (Å²) in [6.07, 6.45) is 0.228. The molecule has 19 heavy (non-hydrogen) atoms. The van der Waals surface area contributed by atoms with E-state index in [1.807, 2.05) is 25.1 Å². The van der Waals surface area contributed by atoms with Crippen molar-refractivity contribution in [1.82, 2.24) is 4.57 Å². The Morgan fingerprint density at radius 1 is 1.42 bits per heavy atom. The second kappa shape index (κ2) is 5.17. The molecule has 0 saturated heterocycles. The zero-order valence-electron chi connectivity index (χ0n) is 10.7. The van der Waals surface area contributed by atoms with E-state index in [9.17, 15) is 9.59 Å². The molecule has 0 aliphatic carbocycles. The number of carboxylic acids is 1. The maximum absolute atomic E-state index is 12.3. The highest BCUT2D eigenvalue weighted by molar-refractivity contribution is 9.10. The van der Waals surface area contributed by atoms with Crippen LogP contribution >= 0.6 is 15.9 Å². The van der Waals surface area contributed by atoms with E-state index in [4.69, 9.17) is 5.11 Å². The summed E-state index contributed by atoms with van der Waals surface area (Å²) < 4.78 is 2.51.